The second kappa shape index (κ2) is 35.1. The van der Waals surface area contributed by atoms with E-state index in [1.165, 1.54) is 12.8 Å². The number of aliphatic hydroxyl groups is 5. The monoisotopic (exact) mass is 1770 g/mol. The molecule has 9 saturated carbocycles. The molecular weight excluding hydrogens is 1610 g/mol. The van der Waals surface area contributed by atoms with Crippen molar-refractivity contribution < 1.29 is 86.6 Å². The van der Waals surface area contributed by atoms with Gasteiger partial charge in [0.15, 0.2) is 36.5 Å². The second-order valence-corrected chi connectivity index (χ2v) is 50.4. The van der Waals surface area contributed by atoms with Crippen molar-refractivity contribution in [2.24, 2.45) is 138 Å². The first kappa shape index (κ1) is 101. The molecule has 5 N–H and O–H groups in total. The van der Waals surface area contributed by atoms with Gasteiger partial charge in [0.05, 0.1) is 45.7 Å². The number of hydrogen-bond acceptors (Lipinski definition) is 10. The Bertz CT molecular complexity index is 4250. The zero-order valence-corrected chi connectivity index (χ0v) is 77.1. The van der Waals surface area contributed by atoms with Crippen molar-refractivity contribution in [3.8, 4) is 0 Å². The molecule has 2 aromatic carbocycles. The van der Waals surface area contributed by atoms with Gasteiger partial charge in [0.25, 0.3) is 0 Å². The van der Waals surface area contributed by atoms with Gasteiger partial charge in [0.2, 0.25) is 0 Å². The summed E-state index contributed by atoms with van der Waals surface area (Å²) in [6.45, 7) is 39.9. The van der Waals surface area contributed by atoms with E-state index in [0.717, 1.165) is 120 Å². The normalized spacial score (nSPS) is 40.1. The summed E-state index contributed by atoms with van der Waals surface area (Å²) in [7, 11) is -7.07. The summed E-state index contributed by atoms with van der Waals surface area (Å²) in [5, 5.41) is 52.3. The molecule has 15 rings (SSSR count). The molecule has 0 spiro atoms. The fourth-order valence-corrected chi connectivity index (χ4v) is 32.3. The first-order valence-electron chi connectivity index (χ1n) is 46.1. The van der Waals surface area contributed by atoms with Crippen LogP contribution in [0.2, 0.25) is 0 Å². The van der Waals surface area contributed by atoms with Crippen LogP contribution in [0.25, 0.3) is 0 Å². The highest BCUT2D eigenvalue weighted by molar-refractivity contribution is 7.92. The lowest BCUT2D eigenvalue weighted by Crippen LogP contribution is -2.56. The molecule has 1 aliphatic heterocycles. The Morgan fingerprint density at radius 2 is 0.754 bits per heavy atom. The maximum Gasteiger partial charge on any atom is 0.417 e. The van der Waals surface area contributed by atoms with Crippen LogP contribution in [0.3, 0.4) is 0 Å². The molecule has 0 bridgehead atoms. The number of halogens is 9. The Balaban J connectivity index is 0.000000184. The van der Waals surface area contributed by atoms with Gasteiger partial charge >= 0.3 is 18.5 Å². The minimum atomic E-state index is -4.64. The van der Waals surface area contributed by atoms with Crippen LogP contribution in [0.1, 0.15) is 313 Å². The average molecular weight is 1770 g/mol. The van der Waals surface area contributed by atoms with E-state index < -0.39 is 71.8 Å². The van der Waals surface area contributed by atoms with Crippen molar-refractivity contribution in [1.29, 1.82) is 0 Å². The van der Waals surface area contributed by atoms with E-state index in [9.17, 15) is 81.9 Å². The Kier molecular flexibility index (Phi) is 29.0. The van der Waals surface area contributed by atoms with Gasteiger partial charge in [-0.25, -0.2) is 16.8 Å². The molecule has 0 amide bonds. The van der Waals surface area contributed by atoms with Crippen molar-refractivity contribution in [3.05, 3.63) is 95.6 Å². The van der Waals surface area contributed by atoms with Gasteiger partial charge in [0.1, 0.15) is 0 Å². The van der Waals surface area contributed by atoms with Crippen LogP contribution in [0.5, 0.6) is 0 Å². The molecule has 4 unspecified atom stereocenters. The highest BCUT2D eigenvalue weighted by atomic mass is 32.2. The van der Waals surface area contributed by atoms with Gasteiger partial charge in [0, 0.05) is 19.3 Å². The molecule has 122 heavy (non-hydrogen) atoms. The van der Waals surface area contributed by atoms with Gasteiger partial charge in [-0.15, -0.1) is 0 Å². The molecule has 2 aromatic rings. The standard InChI is InChI=1S/C35H51F3O4S.C29H39F3O3S.C29H47F3O2.C6H12O.2CH4/c1-22(29(20-30(39)31(2,3)4)43(41,42)24-10-8-7-9-11-24)26-14-15-27-25-13-12-23-21-34(40,35(36,37)38)19-18-32(23,5)28(25)16-17-33(26,27)6;1-19(18-36(34,35)21-7-5-4-6-8-21)23-11-12-24-22-10-9-20-17-28(33,29(30,31)32)16-15-26(20,2)25(22)13-14-27(23,24)3;1-18(7-12-24(33)25(2,3)4)21-10-11-22-20-9-8-19-17-28(34,29(30,31)32)16-15-26(19,5)23(20)13-14-27(21,22)6;1-6(2,3)5-4-7-5;;/h7-12,22,25-30,39-40H,13-21H2,1-6H3;4-9,19,22-25,33H,10-18H2,1-3H3;8,18,20-24,33-34H,7,9-17H2,1-6H3;5H,4H2,1-3H3;2*1H4/t22-,25-,26+,27-,28-,29?,30?,32-,33+,34-;19-,22+,23-,24+,25+,26+,27-,28+;18-,20+,21-,22+,23+,24?,26+,27-,28+;;;/m011.../s1. The molecule has 10 fully saturated rings. The largest absolute Gasteiger partial charge is 0.417 e. The van der Waals surface area contributed by atoms with Gasteiger partial charge in [-0.05, 0) is 316 Å². The number of epoxide rings is 1. The van der Waals surface area contributed by atoms with Crippen LogP contribution in [-0.2, 0) is 24.4 Å². The number of hydrogen-bond donors (Lipinski definition) is 5. The summed E-state index contributed by atoms with van der Waals surface area (Å²) in [5.74, 6) is 5.51. The molecule has 10 nitrogen and oxygen atoms in total. The maximum absolute atomic E-state index is 14.2. The minimum Gasteiger partial charge on any atom is -0.393 e. The number of fused-ring (bicyclic) bond motifs is 15. The molecule has 0 aromatic heterocycles. The fraction of sp³-hybridized carbons (Fsp3) is 0.822. The average Bonchev–Trinajstić information content (AvgIpc) is 1.36. The van der Waals surface area contributed by atoms with Crippen molar-refractivity contribution in [1.82, 2.24) is 0 Å². The highest BCUT2D eigenvalue weighted by Gasteiger charge is 2.69. The van der Waals surface area contributed by atoms with Crippen molar-refractivity contribution in [2.45, 2.75) is 382 Å². The van der Waals surface area contributed by atoms with E-state index in [2.05, 4.69) is 110 Å². The van der Waals surface area contributed by atoms with Crippen LogP contribution in [-0.4, -0.2) is 114 Å². The van der Waals surface area contributed by atoms with Crippen molar-refractivity contribution in [2.75, 3.05) is 12.4 Å². The zero-order valence-electron chi connectivity index (χ0n) is 75.5. The minimum absolute atomic E-state index is 0. The van der Waals surface area contributed by atoms with Crippen molar-refractivity contribution >= 4 is 19.7 Å². The third-order valence-electron chi connectivity index (χ3n) is 36.6. The van der Waals surface area contributed by atoms with Crippen LogP contribution < -0.4 is 0 Å². The fourth-order valence-electron chi connectivity index (χ4n) is 28.6. The predicted octanol–water partition coefficient (Wildman–Crippen LogP) is 25.5. The third kappa shape index (κ3) is 18.7. The maximum atomic E-state index is 14.2. The third-order valence-corrected chi connectivity index (χ3v) is 40.9. The highest BCUT2D eigenvalue weighted by Crippen LogP contribution is 2.73. The zero-order chi connectivity index (χ0) is 88.8. The topological polar surface area (TPSA) is 182 Å². The lowest BCUT2D eigenvalue weighted by atomic mass is 9.46. The van der Waals surface area contributed by atoms with Gasteiger partial charge in [-0.3, -0.25) is 0 Å². The summed E-state index contributed by atoms with van der Waals surface area (Å²) in [6, 6.07) is 17.3. The lowest BCUT2D eigenvalue weighted by Gasteiger charge is -2.59. The molecular formula is C101H157F9O10S2. The van der Waals surface area contributed by atoms with Gasteiger partial charge < -0.3 is 30.3 Å². The Morgan fingerprint density at radius 3 is 1.07 bits per heavy atom. The lowest BCUT2D eigenvalue weighted by molar-refractivity contribution is -0.271. The smallest absolute Gasteiger partial charge is 0.393 e. The number of benzene rings is 2. The first-order chi connectivity index (χ1) is 55.1. The molecule has 12 aliphatic carbocycles. The van der Waals surface area contributed by atoms with Gasteiger partial charge in [-0.2, -0.15) is 39.5 Å². The SMILES string of the molecule is C.C.CC(C)(C)C1CO1.C[C@H](C(CC(O)C(C)(C)C)S(=O)(=O)c1ccccc1)[C@H]1CC[C@H]2[C@@H]3CC=C4C[C@](O)(C(F)(F)F)CC[C@]4(C)[C@H]3CC[C@]12C.C[C@H](CCC(O)C(C)(C)C)[C@H]1CC[C@H]2[C@@H]3CC=C4C[C@](O)(C(F)(F)F)CC[C@]4(C)[C@H]3CC[C@]12C.C[C@H](CS(=O)(=O)c1ccccc1)[C@H]1CC[C@H]2[C@@H]3CC=C4C[C@](O)(C(F)(F)F)CC[C@]4(C)[C@H]3CC[C@]12C. The quantitative estimate of drug-likeness (QED) is 0.0694. The van der Waals surface area contributed by atoms with Crippen molar-refractivity contribution in [3.63, 3.8) is 0 Å². The van der Waals surface area contributed by atoms with Crippen LogP contribution >= 0.6 is 0 Å². The number of sulfone groups is 2. The molecule has 13 aliphatic rings. The van der Waals surface area contributed by atoms with E-state index in [0.29, 0.717) is 106 Å². The Hall–Kier alpha value is -3.31. The number of allylic oxidation sites excluding steroid dienone is 3. The van der Waals surface area contributed by atoms with Crippen LogP contribution in [0.15, 0.2) is 105 Å². The van der Waals surface area contributed by atoms with Gasteiger partial charge in [-0.1, -0.05) is 211 Å². The molecule has 21 heteroatoms. The summed E-state index contributed by atoms with van der Waals surface area (Å²) in [4.78, 5) is 0.680. The molecule has 0 radical (unpaired) electrons. The second-order valence-electron chi connectivity index (χ2n) is 46.2. The molecule has 1 heterocycles. The van der Waals surface area contributed by atoms with E-state index >= 15 is 0 Å². The number of alkyl halides is 9. The van der Waals surface area contributed by atoms with E-state index in [-0.39, 0.29) is 133 Å². The number of ether oxygens (including phenoxy) is 1. The Morgan fingerprint density at radius 1 is 0.426 bits per heavy atom. The van der Waals surface area contributed by atoms with E-state index in [1.54, 1.807) is 48.5 Å². The summed E-state index contributed by atoms with van der Waals surface area (Å²) in [6.07, 6.45) is 8.32. The van der Waals surface area contributed by atoms with Crippen LogP contribution in [0, 0.1) is 138 Å². The predicted molar refractivity (Wildman–Crippen MR) is 469 cm³/mol. The molecule has 696 valence electrons. The molecule has 28 atom stereocenters. The number of rotatable bonds is 14. The van der Waals surface area contributed by atoms with Crippen LogP contribution in [0.4, 0.5) is 39.5 Å². The summed E-state index contributed by atoms with van der Waals surface area (Å²) >= 11 is 0. The van der Waals surface area contributed by atoms with E-state index in [1.807, 2.05) is 45.1 Å². The summed E-state index contributed by atoms with van der Waals surface area (Å²) < 4.78 is 182. The van der Waals surface area contributed by atoms with E-state index in [4.69, 9.17) is 4.74 Å². The number of aliphatic hydroxyl groups excluding tert-OH is 2. The molecule has 1 saturated heterocycles. The first-order valence-corrected chi connectivity index (χ1v) is 49.3. The summed E-state index contributed by atoms with van der Waals surface area (Å²) in [5.41, 5.74) is -6.09. The Labute approximate surface area is 729 Å².